The molecule has 3 rings (SSSR count). The van der Waals surface area contributed by atoms with Gasteiger partial charge in [0.2, 0.25) is 5.91 Å². The smallest absolute Gasteiger partial charge is 0.242 e. The van der Waals surface area contributed by atoms with Gasteiger partial charge in [-0.15, -0.1) is 0 Å². The van der Waals surface area contributed by atoms with Crippen molar-refractivity contribution in [3.05, 3.63) is 12.7 Å². The third-order valence-electron chi connectivity index (χ3n) is 3.69. The number of hydrogen-bond acceptors (Lipinski definition) is 5. The second-order valence-corrected chi connectivity index (χ2v) is 5.10. The van der Waals surface area contributed by atoms with Crippen LogP contribution in [0.2, 0.25) is 0 Å². The second-order valence-electron chi connectivity index (χ2n) is 5.10. The Labute approximate surface area is 116 Å². The first-order chi connectivity index (χ1) is 9.75. The molecule has 1 amide bonds. The molecule has 0 spiro atoms. The first kappa shape index (κ1) is 12.8. The number of carbonyl (C=O) groups is 1. The fourth-order valence-corrected chi connectivity index (χ4v) is 2.58. The molecular formula is C13H18N6O. The van der Waals surface area contributed by atoms with Crippen molar-refractivity contribution < 1.29 is 4.79 Å². The van der Waals surface area contributed by atoms with Crippen LogP contribution in [0.25, 0.3) is 11.2 Å². The van der Waals surface area contributed by atoms with Crippen molar-refractivity contribution in [3.8, 4) is 0 Å². The molecule has 0 saturated carbocycles. The van der Waals surface area contributed by atoms with Crippen molar-refractivity contribution in [2.45, 2.75) is 32.2 Å². The predicted octanol–water partition coefficient (Wildman–Crippen LogP) is 0.811. The van der Waals surface area contributed by atoms with Crippen molar-refractivity contribution >= 4 is 22.9 Å². The summed E-state index contributed by atoms with van der Waals surface area (Å²) < 4.78 is 1.74. The van der Waals surface area contributed by atoms with E-state index in [1.54, 1.807) is 10.9 Å². The normalized spacial score (nSPS) is 16.3. The van der Waals surface area contributed by atoms with Crippen LogP contribution in [0.3, 0.4) is 0 Å². The summed E-state index contributed by atoms with van der Waals surface area (Å²) >= 11 is 0. The van der Waals surface area contributed by atoms with E-state index in [-0.39, 0.29) is 12.5 Å². The first-order valence-electron chi connectivity index (χ1n) is 6.95. The lowest BCUT2D eigenvalue weighted by molar-refractivity contribution is -0.131. The number of hydrogen-bond donors (Lipinski definition) is 1. The topological polar surface area (TPSA) is 89.9 Å². The molecule has 0 unspecified atom stereocenters. The zero-order chi connectivity index (χ0) is 13.9. The fraction of sp³-hybridized carbons (Fsp3) is 0.538. The molecule has 0 aromatic carbocycles. The molecular weight excluding hydrogens is 256 g/mol. The van der Waals surface area contributed by atoms with Gasteiger partial charge in [0.05, 0.1) is 6.33 Å². The molecule has 3 heterocycles. The number of nitrogens with two attached hydrogens (primary N) is 1. The molecule has 0 aliphatic carbocycles. The summed E-state index contributed by atoms with van der Waals surface area (Å²) in [4.78, 5) is 26.5. The van der Waals surface area contributed by atoms with Crippen LogP contribution in [0.4, 0.5) is 5.82 Å². The average Bonchev–Trinajstić information content (AvgIpc) is 2.69. The Kier molecular flexibility index (Phi) is 3.49. The zero-order valence-electron chi connectivity index (χ0n) is 11.3. The van der Waals surface area contributed by atoms with E-state index in [9.17, 15) is 4.79 Å². The number of nitrogen functional groups attached to an aromatic ring is 1. The molecule has 7 nitrogen and oxygen atoms in total. The van der Waals surface area contributed by atoms with Crippen LogP contribution in [-0.2, 0) is 11.3 Å². The lowest BCUT2D eigenvalue weighted by Crippen LogP contribution is -2.34. The fourth-order valence-electron chi connectivity index (χ4n) is 2.58. The molecule has 0 bridgehead atoms. The molecule has 1 fully saturated rings. The van der Waals surface area contributed by atoms with E-state index >= 15 is 0 Å². The number of aromatic nitrogens is 4. The van der Waals surface area contributed by atoms with Gasteiger partial charge >= 0.3 is 0 Å². The monoisotopic (exact) mass is 274 g/mol. The maximum Gasteiger partial charge on any atom is 0.242 e. The number of nitrogens with zero attached hydrogens (tertiary/aromatic N) is 5. The quantitative estimate of drug-likeness (QED) is 0.875. The van der Waals surface area contributed by atoms with Crippen LogP contribution in [0, 0.1) is 0 Å². The minimum absolute atomic E-state index is 0.114. The zero-order valence-corrected chi connectivity index (χ0v) is 11.3. The Balaban J connectivity index is 1.78. The second kappa shape index (κ2) is 5.44. The highest BCUT2D eigenvalue weighted by Crippen LogP contribution is 2.15. The molecule has 1 aliphatic rings. The van der Waals surface area contributed by atoms with Crippen molar-refractivity contribution in [1.82, 2.24) is 24.4 Å². The van der Waals surface area contributed by atoms with Gasteiger partial charge in [0, 0.05) is 13.1 Å². The van der Waals surface area contributed by atoms with Crippen LogP contribution in [0.5, 0.6) is 0 Å². The van der Waals surface area contributed by atoms with Gasteiger partial charge in [-0.2, -0.15) is 0 Å². The summed E-state index contributed by atoms with van der Waals surface area (Å²) in [6.07, 6.45) is 7.60. The summed E-state index contributed by atoms with van der Waals surface area (Å²) in [7, 11) is 0. The molecule has 0 atom stereocenters. The standard InChI is InChI=1S/C13H18N6O/c14-12-11-13(16-8-15-12)19(9-17-11)7-10(20)18-5-3-1-2-4-6-18/h8-9H,1-7H2,(H2,14,15,16). The van der Waals surface area contributed by atoms with Crippen molar-refractivity contribution in [3.63, 3.8) is 0 Å². The Bertz CT molecular complexity index is 614. The number of rotatable bonds is 2. The molecule has 2 aromatic heterocycles. The molecule has 2 aromatic rings. The summed E-state index contributed by atoms with van der Waals surface area (Å²) in [5.41, 5.74) is 6.91. The van der Waals surface area contributed by atoms with Crippen LogP contribution in [0.1, 0.15) is 25.7 Å². The van der Waals surface area contributed by atoms with Gasteiger partial charge in [0.1, 0.15) is 18.4 Å². The largest absolute Gasteiger partial charge is 0.382 e. The van der Waals surface area contributed by atoms with E-state index < -0.39 is 0 Å². The number of imidazole rings is 1. The van der Waals surface area contributed by atoms with E-state index in [4.69, 9.17) is 5.73 Å². The number of carbonyl (C=O) groups excluding carboxylic acids is 1. The van der Waals surface area contributed by atoms with Crippen molar-refractivity contribution in [2.75, 3.05) is 18.8 Å². The summed E-state index contributed by atoms with van der Waals surface area (Å²) in [5.74, 6) is 0.458. The lowest BCUT2D eigenvalue weighted by atomic mass is 10.2. The van der Waals surface area contributed by atoms with E-state index in [1.807, 2.05) is 4.90 Å². The van der Waals surface area contributed by atoms with Crippen LogP contribution in [0.15, 0.2) is 12.7 Å². The highest BCUT2D eigenvalue weighted by Gasteiger charge is 2.17. The van der Waals surface area contributed by atoms with Gasteiger partial charge in [-0.1, -0.05) is 12.8 Å². The summed E-state index contributed by atoms with van der Waals surface area (Å²) in [6, 6.07) is 0. The minimum atomic E-state index is 0.114. The van der Waals surface area contributed by atoms with E-state index in [1.165, 1.54) is 19.2 Å². The molecule has 20 heavy (non-hydrogen) atoms. The van der Waals surface area contributed by atoms with Gasteiger partial charge < -0.3 is 15.2 Å². The highest BCUT2D eigenvalue weighted by atomic mass is 16.2. The first-order valence-corrected chi connectivity index (χ1v) is 6.95. The molecule has 1 saturated heterocycles. The molecule has 106 valence electrons. The third kappa shape index (κ3) is 2.43. The number of likely N-dealkylation sites (tertiary alicyclic amines) is 1. The Hall–Kier alpha value is -2.18. The molecule has 7 heteroatoms. The summed E-state index contributed by atoms with van der Waals surface area (Å²) in [6.45, 7) is 1.96. The number of fused-ring (bicyclic) bond motifs is 1. The van der Waals surface area contributed by atoms with Crippen LogP contribution in [-0.4, -0.2) is 43.4 Å². The Morgan fingerprint density at radius 3 is 2.65 bits per heavy atom. The minimum Gasteiger partial charge on any atom is -0.382 e. The van der Waals surface area contributed by atoms with E-state index in [0.29, 0.717) is 17.0 Å². The third-order valence-corrected chi connectivity index (χ3v) is 3.69. The van der Waals surface area contributed by atoms with Gasteiger partial charge in [-0.05, 0) is 12.8 Å². The molecule has 0 radical (unpaired) electrons. The predicted molar refractivity (Wildman–Crippen MR) is 74.8 cm³/mol. The highest BCUT2D eigenvalue weighted by molar-refractivity contribution is 5.83. The van der Waals surface area contributed by atoms with Gasteiger partial charge in [-0.25, -0.2) is 15.0 Å². The van der Waals surface area contributed by atoms with Gasteiger partial charge in [0.15, 0.2) is 11.5 Å². The Morgan fingerprint density at radius 1 is 1.15 bits per heavy atom. The van der Waals surface area contributed by atoms with E-state index in [0.717, 1.165) is 25.9 Å². The summed E-state index contributed by atoms with van der Waals surface area (Å²) in [5, 5.41) is 0. The van der Waals surface area contributed by atoms with E-state index in [2.05, 4.69) is 15.0 Å². The van der Waals surface area contributed by atoms with Gasteiger partial charge in [-0.3, -0.25) is 4.79 Å². The molecule has 2 N–H and O–H groups in total. The number of anilines is 1. The Morgan fingerprint density at radius 2 is 1.90 bits per heavy atom. The van der Waals surface area contributed by atoms with Crippen molar-refractivity contribution in [1.29, 1.82) is 0 Å². The van der Waals surface area contributed by atoms with Gasteiger partial charge in [0.25, 0.3) is 0 Å². The van der Waals surface area contributed by atoms with Crippen molar-refractivity contribution in [2.24, 2.45) is 0 Å². The average molecular weight is 274 g/mol. The maximum atomic E-state index is 12.3. The number of amides is 1. The van der Waals surface area contributed by atoms with Crippen LogP contribution >= 0.6 is 0 Å². The SMILES string of the molecule is Nc1ncnc2c1ncn2CC(=O)N1CCCCCC1. The lowest BCUT2D eigenvalue weighted by Gasteiger charge is -2.20. The van der Waals surface area contributed by atoms with Crippen LogP contribution < -0.4 is 5.73 Å². The molecule has 1 aliphatic heterocycles. The maximum absolute atomic E-state index is 12.3.